The minimum Gasteiger partial charge on any atom is -0.399 e. The fraction of sp³-hybridized carbons (Fsp3) is 0.586. The van der Waals surface area contributed by atoms with Crippen LogP contribution < -0.4 is 10.6 Å². The van der Waals surface area contributed by atoms with Gasteiger partial charge in [0.1, 0.15) is 12.2 Å². The topological polar surface area (TPSA) is 87.7 Å². The van der Waals surface area contributed by atoms with Crippen molar-refractivity contribution in [2.75, 3.05) is 43.5 Å². The molecule has 0 spiro atoms. The lowest BCUT2D eigenvalue weighted by Crippen LogP contribution is -2.41. The Morgan fingerprint density at radius 2 is 1.79 bits per heavy atom. The highest BCUT2D eigenvalue weighted by molar-refractivity contribution is 6.76. The van der Waals surface area contributed by atoms with Gasteiger partial charge in [-0.25, -0.2) is 9.97 Å². The molecular weight excluding hydrogens is 494 g/mol. The molecule has 38 heavy (non-hydrogen) atoms. The zero-order valence-electron chi connectivity index (χ0n) is 23.8. The normalized spacial score (nSPS) is 18.1. The van der Waals surface area contributed by atoms with Crippen molar-refractivity contribution in [3.05, 3.63) is 36.2 Å². The second kappa shape index (κ2) is 10.3. The first kappa shape index (κ1) is 27.1. The van der Waals surface area contributed by atoms with Gasteiger partial charge in [-0.15, -0.1) is 0 Å². The Bertz CT molecular complexity index is 1280. The summed E-state index contributed by atoms with van der Waals surface area (Å²) in [6, 6.07) is 7.32. The van der Waals surface area contributed by atoms with Gasteiger partial charge in [-0.1, -0.05) is 40.4 Å². The van der Waals surface area contributed by atoms with Crippen LogP contribution in [0.15, 0.2) is 30.6 Å². The molecule has 0 radical (unpaired) electrons. The third-order valence-corrected chi connectivity index (χ3v) is 9.24. The van der Waals surface area contributed by atoms with Gasteiger partial charge in [0.05, 0.1) is 30.7 Å². The summed E-state index contributed by atoms with van der Waals surface area (Å²) in [6.07, 6.45) is 6.32. The van der Waals surface area contributed by atoms with Gasteiger partial charge in [-0.05, 0) is 37.1 Å². The summed E-state index contributed by atoms with van der Waals surface area (Å²) >= 11 is 0. The number of fused-ring (bicyclic) bond motifs is 1. The summed E-state index contributed by atoms with van der Waals surface area (Å²) in [4.78, 5) is 12.5. The van der Waals surface area contributed by atoms with E-state index in [-0.39, 0.29) is 5.41 Å². The van der Waals surface area contributed by atoms with Crippen molar-refractivity contribution in [1.29, 1.82) is 0 Å². The number of rotatable bonds is 8. The van der Waals surface area contributed by atoms with Gasteiger partial charge in [0.15, 0.2) is 5.65 Å². The Kier molecular flexibility index (Phi) is 7.32. The Hall–Kier alpha value is -2.46. The molecule has 2 fully saturated rings. The molecule has 2 aliphatic rings. The highest BCUT2D eigenvalue weighted by Crippen LogP contribution is 2.48. The van der Waals surface area contributed by atoms with Crippen molar-refractivity contribution in [2.24, 2.45) is 5.41 Å². The molecule has 0 atom stereocenters. The molecule has 2 aromatic heterocycles. The van der Waals surface area contributed by atoms with E-state index in [1.54, 1.807) is 0 Å². The molecule has 4 heterocycles. The van der Waals surface area contributed by atoms with E-state index in [0.29, 0.717) is 19.9 Å². The van der Waals surface area contributed by atoms with Crippen molar-refractivity contribution < 1.29 is 14.2 Å². The van der Waals surface area contributed by atoms with E-state index in [2.05, 4.69) is 63.6 Å². The number of nitrogen functional groups attached to an aromatic ring is 1. The van der Waals surface area contributed by atoms with E-state index in [1.807, 2.05) is 16.8 Å². The molecule has 3 aromatic rings. The van der Waals surface area contributed by atoms with E-state index in [0.717, 1.165) is 65.1 Å². The standard InChI is InChI=1S/C29H43N5O3Si/c1-28(2,3)29(36-11-12-37-29)24-19-34(20-35-13-14-38(4,5)6)27-26(24)32-25(18-31-27)21-15-22(30)17-23(16-21)33-9-7-8-10-33/h15-19H,7-14,20,30H2,1-6H3. The highest BCUT2D eigenvalue weighted by Gasteiger charge is 2.51. The Morgan fingerprint density at radius 3 is 2.45 bits per heavy atom. The van der Waals surface area contributed by atoms with Crippen LogP contribution in [0.1, 0.15) is 39.2 Å². The Morgan fingerprint density at radius 1 is 1.08 bits per heavy atom. The number of ether oxygens (including phenoxy) is 3. The number of hydrogen-bond acceptors (Lipinski definition) is 7. The summed E-state index contributed by atoms with van der Waals surface area (Å²) < 4.78 is 20.9. The van der Waals surface area contributed by atoms with Crippen LogP contribution in [0.4, 0.5) is 11.4 Å². The fourth-order valence-corrected chi connectivity index (χ4v) is 6.17. The van der Waals surface area contributed by atoms with Gasteiger partial charge in [0, 0.05) is 56.3 Å². The van der Waals surface area contributed by atoms with E-state index >= 15 is 0 Å². The monoisotopic (exact) mass is 537 g/mol. The molecule has 8 nitrogen and oxygen atoms in total. The summed E-state index contributed by atoms with van der Waals surface area (Å²) in [7, 11) is -1.18. The molecule has 0 aliphatic carbocycles. The molecule has 0 bridgehead atoms. The van der Waals surface area contributed by atoms with Crippen molar-refractivity contribution >= 4 is 30.6 Å². The maximum Gasteiger partial charge on any atom is 0.203 e. The van der Waals surface area contributed by atoms with Crippen LogP contribution >= 0.6 is 0 Å². The SMILES string of the molecule is CC(C)(C)C1(c2cn(COCC[Si](C)(C)C)c3ncc(-c4cc(N)cc(N5CCCC5)c4)nc23)OCCO1. The number of nitrogens with two attached hydrogens (primary N) is 1. The van der Waals surface area contributed by atoms with Crippen LogP contribution in [0, 0.1) is 5.41 Å². The molecule has 1 aromatic carbocycles. The molecule has 2 saturated heterocycles. The van der Waals surface area contributed by atoms with E-state index in [9.17, 15) is 0 Å². The molecule has 0 amide bonds. The zero-order valence-corrected chi connectivity index (χ0v) is 24.8. The second-order valence-electron chi connectivity index (χ2n) is 12.9. The summed E-state index contributed by atoms with van der Waals surface area (Å²) in [6.45, 7) is 17.8. The number of benzene rings is 1. The lowest BCUT2D eigenvalue weighted by atomic mass is 9.81. The van der Waals surface area contributed by atoms with Crippen LogP contribution in [-0.4, -0.2) is 55.5 Å². The summed E-state index contributed by atoms with van der Waals surface area (Å²) in [5.74, 6) is -0.918. The maximum absolute atomic E-state index is 6.37. The first-order valence-corrected chi connectivity index (χ1v) is 17.6. The van der Waals surface area contributed by atoms with E-state index in [1.165, 1.54) is 12.8 Å². The molecular formula is C29H43N5O3Si. The van der Waals surface area contributed by atoms with Gasteiger partial charge in [-0.3, -0.25) is 0 Å². The average molecular weight is 538 g/mol. The van der Waals surface area contributed by atoms with Gasteiger partial charge >= 0.3 is 0 Å². The first-order chi connectivity index (χ1) is 18.0. The van der Waals surface area contributed by atoms with Crippen LogP contribution in [0.2, 0.25) is 25.7 Å². The van der Waals surface area contributed by atoms with Crippen LogP contribution in [0.5, 0.6) is 0 Å². The smallest absolute Gasteiger partial charge is 0.203 e. The van der Waals surface area contributed by atoms with Crippen molar-refractivity contribution in [2.45, 2.75) is 71.8 Å². The minimum absolute atomic E-state index is 0.320. The fourth-order valence-electron chi connectivity index (χ4n) is 5.42. The predicted molar refractivity (Wildman–Crippen MR) is 156 cm³/mol. The van der Waals surface area contributed by atoms with E-state index in [4.69, 9.17) is 29.9 Å². The molecule has 2 aliphatic heterocycles. The Balaban J connectivity index is 1.58. The summed E-state index contributed by atoms with van der Waals surface area (Å²) in [5.41, 5.74) is 12.1. The quantitative estimate of drug-likeness (QED) is 0.219. The van der Waals surface area contributed by atoms with Crippen LogP contribution in [-0.2, 0) is 26.7 Å². The summed E-state index contributed by atoms with van der Waals surface area (Å²) in [5, 5.41) is 0. The highest BCUT2D eigenvalue weighted by atomic mass is 28.3. The lowest BCUT2D eigenvalue weighted by Gasteiger charge is -2.39. The van der Waals surface area contributed by atoms with Crippen LogP contribution in [0.3, 0.4) is 0 Å². The van der Waals surface area contributed by atoms with Gasteiger partial charge in [-0.2, -0.15) is 0 Å². The third-order valence-electron chi connectivity index (χ3n) is 7.54. The minimum atomic E-state index is -1.18. The van der Waals surface area contributed by atoms with Crippen LogP contribution in [0.25, 0.3) is 22.4 Å². The van der Waals surface area contributed by atoms with Crippen molar-refractivity contribution in [3.8, 4) is 11.3 Å². The first-order valence-electron chi connectivity index (χ1n) is 13.8. The number of aromatic nitrogens is 3. The molecule has 5 rings (SSSR count). The second-order valence-corrected chi connectivity index (χ2v) is 18.5. The lowest BCUT2D eigenvalue weighted by molar-refractivity contribution is -0.231. The number of nitrogens with zero attached hydrogens (tertiary/aromatic N) is 4. The largest absolute Gasteiger partial charge is 0.399 e. The zero-order chi connectivity index (χ0) is 27.1. The number of hydrogen-bond donors (Lipinski definition) is 1. The van der Waals surface area contributed by atoms with Crippen molar-refractivity contribution in [3.63, 3.8) is 0 Å². The molecule has 0 saturated carbocycles. The van der Waals surface area contributed by atoms with Gasteiger partial charge in [0.2, 0.25) is 5.79 Å². The van der Waals surface area contributed by atoms with E-state index < -0.39 is 13.9 Å². The molecule has 206 valence electrons. The average Bonchev–Trinajstić information content (AvgIpc) is 3.61. The molecule has 0 unspecified atom stereocenters. The predicted octanol–water partition coefficient (Wildman–Crippen LogP) is 5.84. The van der Waals surface area contributed by atoms with Gasteiger partial charge < -0.3 is 29.4 Å². The maximum atomic E-state index is 6.37. The molecule has 2 N–H and O–H groups in total. The number of anilines is 2. The third kappa shape index (κ3) is 5.34. The van der Waals surface area contributed by atoms with Gasteiger partial charge in [0.25, 0.3) is 0 Å². The van der Waals surface area contributed by atoms with Crippen molar-refractivity contribution in [1.82, 2.24) is 14.5 Å². The molecule has 9 heteroatoms. The Labute approximate surface area is 227 Å².